The third-order valence-electron chi connectivity index (χ3n) is 3.16. The summed E-state index contributed by atoms with van der Waals surface area (Å²) in [5.41, 5.74) is 2.08. The van der Waals surface area contributed by atoms with Crippen LogP contribution < -0.4 is 9.47 Å². The molecule has 0 aliphatic carbocycles. The summed E-state index contributed by atoms with van der Waals surface area (Å²) >= 11 is 6.19. The van der Waals surface area contributed by atoms with Gasteiger partial charge in [0.05, 0.1) is 5.02 Å². The van der Waals surface area contributed by atoms with Gasteiger partial charge in [-0.25, -0.2) is 0 Å². The Morgan fingerprint density at radius 1 is 1.10 bits per heavy atom. The van der Waals surface area contributed by atoms with Gasteiger partial charge in [-0.2, -0.15) is 0 Å². The molecule has 3 rings (SSSR count). The van der Waals surface area contributed by atoms with Gasteiger partial charge in [0.15, 0.2) is 17.3 Å². The molecular formula is C16H13ClO3. The lowest BCUT2D eigenvalue weighted by Crippen LogP contribution is -2.16. The van der Waals surface area contributed by atoms with Crippen LogP contribution in [0.15, 0.2) is 36.4 Å². The van der Waals surface area contributed by atoms with E-state index in [1.807, 2.05) is 25.1 Å². The summed E-state index contributed by atoms with van der Waals surface area (Å²) in [6.07, 6.45) is 0. The highest BCUT2D eigenvalue weighted by Crippen LogP contribution is 2.36. The lowest BCUT2D eigenvalue weighted by molar-refractivity contribution is 0.103. The van der Waals surface area contributed by atoms with Crippen molar-refractivity contribution in [3.8, 4) is 11.5 Å². The Bertz CT molecular complexity index is 679. The number of rotatable bonds is 2. The van der Waals surface area contributed by atoms with Gasteiger partial charge in [-0.05, 0) is 19.1 Å². The van der Waals surface area contributed by atoms with E-state index in [-0.39, 0.29) is 5.78 Å². The Balaban J connectivity index is 2.03. The molecule has 102 valence electrons. The largest absolute Gasteiger partial charge is 0.486 e. The maximum Gasteiger partial charge on any atom is 0.194 e. The summed E-state index contributed by atoms with van der Waals surface area (Å²) in [6, 6.07) is 10.7. The van der Waals surface area contributed by atoms with Gasteiger partial charge in [-0.1, -0.05) is 35.4 Å². The fraction of sp³-hybridized carbons (Fsp3) is 0.188. The maximum atomic E-state index is 12.5. The Kier molecular flexibility index (Phi) is 3.36. The van der Waals surface area contributed by atoms with Crippen LogP contribution in [0.5, 0.6) is 11.5 Å². The minimum Gasteiger partial charge on any atom is -0.486 e. The minimum absolute atomic E-state index is 0.115. The number of halogens is 1. The molecule has 0 spiro atoms. The lowest BCUT2D eigenvalue weighted by atomic mass is 10.0. The van der Waals surface area contributed by atoms with E-state index in [4.69, 9.17) is 21.1 Å². The predicted molar refractivity (Wildman–Crippen MR) is 77.1 cm³/mol. The van der Waals surface area contributed by atoms with E-state index in [1.165, 1.54) is 0 Å². The second-order valence-corrected chi connectivity index (χ2v) is 5.08. The fourth-order valence-electron chi connectivity index (χ4n) is 2.18. The third-order valence-corrected chi connectivity index (χ3v) is 3.47. The Hall–Kier alpha value is -2.00. The minimum atomic E-state index is -0.115. The van der Waals surface area contributed by atoms with Gasteiger partial charge < -0.3 is 9.47 Å². The highest BCUT2D eigenvalue weighted by atomic mass is 35.5. The molecule has 0 fully saturated rings. The number of carbonyl (C=O) groups is 1. The number of carbonyl (C=O) groups excluding carboxylic acids is 1. The van der Waals surface area contributed by atoms with Crippen LogP contribution in [0, 0.1) is 6.92 Å². The molecule has 0 N–H and O–H groups in total. The molecule has 0 aromatic heterocycles. The van der Waals surface area contributed by atoms with Gasteiger partial charge in [0.25, 0.3) is 0 Å². The second kappa shape index (κ2) is 5.17. The highest BCUT2D eigenvalue weighted by molar-refractivity contribution is 6.35. The molecule has 4 heteroatoms. The van der Waals surface area contributed by atoms with Gasteiger partial charge in [-0.15, -0.1) is 0 Å². The first-order valence-electron chi connectivity index (χ1n) is 6.35. The predicted octanol–water partition coefficient (Wildman–Crippen LogP) is 3.65. The van der Waals surface area contributed by atoms with Crippen LogP contribution in [-0.2, 0) is 0 Å². The average Bonchev–Trinajstić information content (AvgIpc) is 2.46. The second-order valence-electron chi connectivity index (χ2n) is 4.67. The number of fused-ring (bicyclic) bond motifs is 1. The molecule has 0 unspecified atom stereocenters. The zero-order chi connectivity index (χ0) is 14.1. The zero-order valence-corrected chi connectivity index (χ0v) is 11.7. The molecule has 0 saturated heterocycles. The monoisotopic (exact) mass is 288 g/mol. The molecular weight excluding hydrogens is 276 g/mol. The van der Waals surface area contributed by atoms with Crippen LogP contribution in [0.4, 0.5) is 0 Å². The van der Waals surface area contributed by atoms with Crippen molar-refractivity contribution in [3.63, 3.8) is 0 Å². The number of aryl methyl sites for hydroxylation is 1. The average molecular weight is 289 g/mol. The molecule has 0 amide bonds. The van der Waals surface area contributed by atoms with Gasteiger partial charge in [0.1, 0.15) is 13.2 Å². The maximum absolute atomic E-state index is 12.5. The number of ketones is 1. The Morgan fingerprint density at radius 3 is 2.50 bits per heavy atom. The quantitative estimate of drug-likeness (QED) is 0.791. The highest BCUT2D eigenvalue weighted by Gasteiger charge is 2.19. The normalized spacial score (nSPS) is 13.1. The summed E-state index contributed by atoms with van der Waals surface area (Å²) in [6.45, 7) is 2.92. The molecule has 1 aliphatic rings. The first kappa shape index (κ1) is 13.0. The van der Waals surface area contributed by atoms with Crippen LogP contribution in [0.3, 0.4) is 0 Å². The van der Waals surface area contributed by atoms with Crippen molar-refractivity contribution >= 4 is 17.4 Å². The first-order valence-corrected chi connectivity index (χ1v) is 6.73. The molecule has 1 aliphatic heterocycles. The number of ether oxygens (including phenoxy) is 2. The van der Waals surface area contributed by atoms with Gasteiger partial charge in [0.2, 0.25) is 0 Å². The van der Waals surface area contributed by atoms with E-state index >= 15 is 0 Å². The molecule has 0 atom stereocenters. The number of hydrogen-bond acceptors (Lipinski definition) is 3. The Labute approximate surface area is 122 Å². The third kappa shape index (κ3) is 2.37. The Morgan fingerprint density at radius 2 is 1.80 bits per heavy atom. The van der Waals surface area contributed by atoms with Gasteiger partial charge in [-0.3, -0.25) is 4.79 Å². The molecule has 0 saturated carbocycles. The van der Waals surface area contributed by atoms with E-state index in [0.717, 1.165) is 5.56 Å². The topological polar surface area (TPSA) is 35.5 Å². The molecule has 2 aromatic rings. The van der Waals surface area contributed by atoms with Crippen molar-refractivity contribution in [2.24, 2.45) is 0 Å². The molecule has 3 nitrogen and oxygen atoms in total. The van der Waals surface area contributed by atoms with Crippen molar-refractivity contribution in [2.45, 2.75) is 6.92 Å². The van der Waals surface area contributed by atoms with Crippen molar-refractivity contribution < 1.29 is 14.3 Å². The molecule has 1 heterocycles. The SMILES string of the molecule is Cc1cccc(C(=O)c2cc3c(cc2Cl)OCCO3)c1. The first-order chi connectivity index (χ1) is 9.65. The van der Waals surface area contributed by atoms with E-state index in [9.17, 15) is 4.79 Å². The van der Waals surface area contributed by atoms with E-state index in [0.29, 0.717) is 40.9 Å². The van der Waals surface area contributed by atoms with Crippen molar-refractivity contribution in [2.75, 3.05) is 13.2 Å². The van der Waals surface area contributed by atoms with Crippen LogP contribution >= 0.6 is 11.6 Å². The number of hydrogen-bond donors (Lipinski definition) is 0. The van der Waals surface area contributed by atoms with Crippen LogP contribution in [0.1, 0.15) is 21.5 Å². The summed E-state index contributed by atoms with van der Waals surface area (Å²) in [5, 5.41) is 0.376. The summed E-state index contributed by atoms with van der Waals surface area (Å²) < 4.78 is 10.9. The van der Waals surface area contributed by atoms with Crippen molar-refractivity contribution in [1.82, 2.24) is 0 Å². The van der Waals surface area contributed by atoms with Crippen molar-refractivity contribution in [1.29, 1.82) is 0 Å². The zero-order valence-electron chi connectivity index (χ0n) is 11.0. The molecule has 0 radical (unpaired) electrons. The standard InChI is InChI=1S/C16H13ClO3/c1-10-3-2-4-11(7-10)16(18)12-8-14-15(9-13(12)17)20-6-5-19-14/h2-4,7-9H,5-6H2,1H3. The van der Waals surface area contributed by atoms with Crippen LogP contribution in [-0.4, -0.2) is 19.0 Å². The van der Waals surface area contributed by atoms with Crippen LogP contribution in [0.2, 0.25) is 5.02 Å². The molecule has 0 bridgehead atoms. The van der Waals surface area contributed by atoms with E-state index < -0.39 is 0 Å². The molecule has 2 aromatic carbocycles. The summed E-state index contributed by atoms with van der Waals surface area (Å²) in [5.74, 6) is 1.04. The van der Waals surface area contributed by atoms with Crippen molar-refractivity contribution in [3.05, 3.63) is 58.1 Å². The van der Waals surface area contributed by atoms with E-state index in [1.54, 1.807) is 18.2 Å². The molecule has 20 heavy (non-hydrogen) atoms. The van der Waals surface area contributed by atoms with Gasteiger partial charge >= 0.3 is 0 Å². The number of benzene rings is 2. The fourth-order valence-corrected chi connectivity index (χ4v) is 2.42. The summed E-state index contributed by atoms with van der Waals surface area (Å²) in [4.78, 5) is 12.5. The van der Waals surface area contributed by atoms with E-state index in [2.05, 4.69) is 0 Å². The lowest BCUT2D eigenvalue weighted by Gasteiger charge is -2.19. The summed E-state index contributed by atoms with van der Waals surface area (Å²) in [7, 11) is 0. The smallest absolute Gasteiger partial charge is 0.194 e. The van der Waals surface area contributed by atoms with Gasteiger partial charge in [0, 0.05) is 17.2 Å². The van der Waals surface area contributed by atoms with Crippen LogP contribution in [0.25, 0.3) is 0 Å².